The smallest absolute Gasteiger partial charge is 0.229 e. The molecule has 2 unspecified atom stereocenters. The van der Waals surface area contributed by atoms with E-state index in [0.29, 0.717) is 25.3 Å². The van der Waals surface area contributed by atoms with Gasteiger partial charge >= 0.3 is 0 Å². The number of halogens is 1. The Bertz CT molecular complexity index is 712. The molecule has 2 amide bonds. The number of carbonyl (C=O) groups is 2. The van der Waals surface area contributed by atoms with E-state index < -0.39 is 0 Å². The molecule has 1 aromatic rings. The van der Waals surface area contributed by atoms with Crippen LogP contribution in [0.15, 0.2) is 35.3 Å². The van der Waals surface area contributed by atoms with Crippen molar-refractivity contribution in [2.45, 2.75) is 51.1 Å². The molecule has 2 aliphatic heterocycles. The maximum absolute atomic E-state index is 12.4. The standard InChI is InChI=1S/C21H31N5O2.HI/c1-3-17(25-13-7-10-19(25)27)11-12-23-21(22-2)24-16-14-20(28)26(15-16)18-8-5-4-6-9-18;/h4-6,8-9,16-17H,3,7,10-15H2,1-2H3,(H2,22,23,24);1H. The molecule has 2 saturated heterocycles. The number of nitrogens with one attached hydrogen (secondary N) is 2. The van der Waals surface area contributed by atoms with E-state index in [-0.39, 0.29) is 47.9 Å². The molecule has 0 saturated carbocycles. The lowest BCUT2D eigenvalue weighted by Gasteiger charge is -2.27. The Morgan fingerprint density at radius 3 is 2.62 bits per heavy atom. The number of amides is 2. The lowest BCUT2D eigenvalue weighted by atomic mass is 10.1. The van der Waals surface area contributed by atoms with Crippen LogP contribution in [0.5, 0.6) is 0 Å². The van der Waals surface area contributed by atoms with Gasteiger partial charge in [0.15, 0.2) is 5.96 Å². The fourth-order valence-corrected chi connectivity index (χ4v) is 4.04. The van der Waals surface area contributed by atoms with Crippen LogP contribution in [0.1, 0.15) is 39.0 Å². The number of carbonyl (C=O) groups excluding carboxylic acids is 2. The summed E-state index contributed by atoms with van der Waals surface area (Å²) in [5.74, 6) is 1.10. The molecule has 2 aliphatic rings. The molecule has 0 radical (unpaired) electrons. The number of benzene rings is 1. The summed E-state index contributed by atoms with van der Waals surface area (Å²) < 4.78 is 0. The molecule has 0 spiro atoms. The highest BCUT2D eigenvalue weighted by Gasteiger charge is 2.31. The third kappa shape index (κ3) is 6.07. The predicted octanol–water partition coefficient (Wildman–Crippen LogP) is 2.37. The van der Waals surface area contributed by atoms with Gasteiger partial charge in [0, 0.05) is 51.3 Å². The van der Waals surface area contributed by atoms with Crippen LogP contribution < -0.4 is 15.5 Å². The van der Waals surface area contributed by atoms with Crippen molar-refractivity contribution in [3.05, 3.63) is 30.3 Å². The number of hydrogen-bond donors (Lipinski definition) is 2. The Balaban J connectivity index is 0.00000300. The van der Waals surface area contributed by atoms with E-state index >= 15 is 0 Å². The summed E-state index contributed by atoms with van der Waals surface area (Å²) in [6.45, 7) is 4.38. The zero-order valence-corrected chi connectivity index (χ0v) is 19.6. The van der Waals surface area contributed by atoms with E-state index in [1.54, 1.807) is 7.05 Å². The highest BCUT2D eigenvalue weighted by atomic mass is 127. The van der Waals surface area contributed by atoms with Crippen molar-refractivity contribution in [1.82, 2.24) is 15.5 Å². The zero-order chi connectivity index (χ0) is 19.9. The van der Waals surface area contributed by atoms with Crippen LogP contribution >= 0.6 is 24.0 Å². The van der Waals surface area contributed by atoms with Gasteiger partial charge in [0.1, 0.15) is 0 Å². The predicted molar refractivity (Wildman–Crippen MR) is 127 cm³/mol. The molecule has 8 heteroatoms. The number of likely N-dealkylation sites (tertiary alicyclic amines) is 1. The summed E-state index contributed by atoms with van der Waals surface area (Å²) in [5, 5.41) is 6.70. The summed E-state index contributed by atoms with van der Waals surface area (Å²) in [6, 6.07) is 10.1. The van der Waals surface area contributed by atoms with Crippen LogP contribution in [-0.2, 0) is 9.59 Å². The van der Waals surface area contributed by atoms with Crippen molar-refractivity contribution in [2.24, 2.45) is 4.99 Å². The van der Waals surface area contributed by atoms with E-state index in [4.69, 9.17) is 0 Å². The highest BCUT2D eigenvalue weighted by molar-refractivity contribution is 14.0. The average molecular weight is 513 g/mol. The van der Waals surface area contributed by atoms with Crippen LogP contribution in [-0.4, -0.2) is 61.4 Å². The van der Waals surface area contributed by atoms with Crippen LogP contribution in [0.25, 0.3) is 0 Å². The number of aliphatic imine (C=N–C) groups is 1. The molecule has 160 valence electrons. The second kappa shape index (κ2) is 11.4. The molecule has 0 aromatic heterocycles. The first-order valence-electron chi connectivity index (χ1n) is 10.2. The third-order valence-electron chi connectivity index (χ3n) is 5.55. The maximum Gasteiger partial charge on any atom is 0.229 e. The molecule has 3 rings (SSSR count). The number of para-hydroxylation sites is 1. The molecule has 1 aromatic carbocycles. The van der Waals surface area contributed by atoms with Gasteiger partial charge in [-0.3, -0.25) is 14.6 Å². The lowest BCUT2D eigenvalue weighted by molar-refractivity contribution is -0.129. The minimum atomic E-state index is 0. The first-order valence-corrected chi connectivity index (χ1v) is 10.2. The number of hydrogen-bond acceptors (Lipinski definition) is 3. The molecule has 0 bridgehead atoms. The lowest BCUT2D eigenvalue weighted by Crippen LogP contribution is -2.46. The summed E-state index contributed by atoms with van der Waals surface area (Å²) in [4.78, 5) is 32.5. The van der Waals surface area contributed by atoms with Gasteiger partial charge in [-0.15, -0.1) is 24.0 Å². The molecule has 29 heavy (non-hydrogen) atoms. The SMILES string of the molecule is CCC(CCNC(=NC)NC1CC(=O)N(c2ccccc2)C1)N1CCCC1=O.I. The second-order valence-corrected chi connectivity index (χ2v) is 7.43. The van der Waals surface area contributed by atoms with Crippen molar-refractivity contribution in [1.29, 1.82) is 0 Å². The Kier molecular flexibility index (Phi) is 9.19. The van der Waals surface area contributed by atoms with E-state index in [0.717, 1.165) is 38.0 Å². The summed E-state index contributed by atoms with van der Waals surface area (Å²) in [7, 11) is 1.74. The summed E-state index contributed by atoms with van der Waals surface area (Å²) in [6.07, 6.45) is 3.96. The molecule has 7 nitrogen and oxygen atoms in total. The Morgan fingerprint density at radius 1 is 1.24 bits per heavy atom. The molecule has 2 heterocycles. The maximum atomic E-state index is 12.4. The van der Waals surface area contributed by atoms with Crippen molar-refractivity contribution >= 4 is 47.4 Å². The minimum absolute atomic E-state index is 0. The van der Waals surface area contributed by atoms with Gasteiger partial charge in [0.2, 0.25) is 11.8 Å². The first-order chi connectivity index (χ1) is 13.6. The highest BCUT2D eigenvalue weighted by Crippen LogP contribution is 2.21. The Labute approximate surface area is 190 Å². The molecule has 0 aliphatic carbocycles. The average Bonchev–Trinajstić information content (AvgIpc) is 3.30. The van der Waals surface area contributed by atoms with Crippen LogP contribution in [0.2, 0.25) is 0 Å². The minimum Gasteiger partial charge on any atom is -0.356 e. The molecule has 2 N–H and O–H groups in total. The van der Waals surface area contributed by atoms with Gasteiger partial charge < -0.3 is 20.4 Å². The first kappa shape index (κ1) is 23.4. The van der Waals surface area contributed by atoms with Gasteiger partial charge in [0.25, 0.3) is 0 Å². The van der Waals surface area contributed by atoms with Gasteiger partial charge in [-0.25, -0.2) is 0 Å². The van der Waals surface area contributed by atoms with Crippen molar-refractivity contribution < 1.29 is 9.59 Å². The van der Waals surface area contributed by atoms with E-state index in [1.165, 1.54) is 0 Å². The van der Waals surface area contributed by atoms with E-state index in [9.17, 15) is 9.59 Å². The molecule has 2 atom stereocenters. The Hall–Kier alpha value is -1.84. The molecular weight excluding hydrogens is 481 g/mol. The van der Waals surface area contributed by atoms with Gasteiger partial charge in [-0.05, 0) is 31.4 Å². The van der Waals surface area contributed by atoms with E-state index in [1.807, 2.05) is 40.1 Å². The number of guanidine groups is 1. The van der Waals surface area contributed by atoms with Crippen molar-refractivity contribution in [3.63, 3.8) is 0 Å². The quantitative estimate of drug-likeness (QED) is 0.334. The largest absolute Gasteiger partial charge is 0.356 e. The normalized spacial score (nSPS) is 20.6. The van der Waals surface area contributed by atoms with E-state index in [2.05, 4.69) is 22.5 Å². The zero-order valence-electron chi connectivity index (χ0n) is 17.3. The van der Waals surface area contributed by atoms with Gasteiger partial charge in [-0.1, -0.05) is 25.1 Å². The number of nitrogens with zero attached hydrogens (tertiary/aromatic N) is 3. The topological polar surface area (TPSA) is 77.0 Å². The van der Waals surface area contributed by atoms with Gasteiger partial charge in [-0.2, -0.15) is 0 Å². The van der Waals surface area contributed by atoms with Crippen molar-refractivity contribution in [3.8, 4) is 0 Å². The summed E-state index contributed by atoms with van der Waals surface area (Å²) in [5.41, 5.74) is 0.931. The molecular formula is C21H32IN5O2. The summed E-state index contributed by atoms with van der Waals surface area (Å²) >= 11 is 0. The fourth-order valence-electron chi connectivity index (χ4n) is 4.04. The van der Waals surface area contributed by atoms with Gasteiger partial charge in [0.05, 0.1) is 6.04 Å². The molecule has 2 fully saturated rings. The van der Waals surface area contributed by atoms with Crippen LogP contribution in [0, 0.1) is 0 Å². The number of rotatable bonds is 7. The van der Waals surface area contributed by atoms with Crippen LogP contribution in [0.3, 0.4) is 0 Å². The van der Waals surface area contributed by atoms with Crippen molar-refractivity contribution in [2.75, 3.05) is 31.6 Å². The second-order valence-electron chi connectivity index (χ2n) is 7.43. The Morgan fingerprint density at radius 2 is 2.00 bits per heavy atom. The van der Waals surface area contributed by atoms with Crippen LogP contribution in [0.4, 0.5) is 5.69 Å². The number of anilines is 1. The fraction of sp³-hybridized carbons (Fsp3) is 0.571. The monoisotopic (exact) mass is 513 g/mol. The third-order valence-corrected chi connectivity index (χ3v) is 5.55.